The molecule has 100 valence electrons. The highest BCUT2D eigenvalue weighted by Crippen LogP contribution is 2.28. The Morgan fingerprint density at radius 2 is 1.95 bits per heavy atom. The normalized spacial score (nSPS) is 12.4. The molecule has 0 aliphatic carbocycles. The first-order valence-corrected chi connectivity index (χ1v) is 7.01. The van der Waals surface area contributed by atoms with Crippen molar-refractivity contribution >= 4 is 15.9 Å². The summed E-state index contributed by atoms with van der Waals surface area (Å²) in [5.74, 6) is -0.263. The van der Waals surface area contributed by atoms with Crippen molar-refractivity contribution in [1.82, 2.24) is 0 Å². The predicted molar refractivity (Wildman–Crippen MR) is 78.8 cm³/mol. The second kappa shape index (κ2) is 6.31. The monoisotopic (exact) mass is 322 g/mol. The molecule has 0 saturated carbocycles. The smallest absolute Gasteiger partial charge is 0.123 e. The van der Waals surface area contributed by atoms with Crippen LogP contribution in [0.2, 0.25) is 0 Å². The molecule has 0 bridgehead atoms. The molecule has 0 heterocycles. The molecule has 0 aromatic heterocycles. The van der Waals surface area contributed by atoms with E-state index in [9.17, 15) is 9.50 Å². The Bertz CT molecular complexity index is 568. The standard InChI is InChI=1S/C16H16BrFO/c1-11-6-7-14(18)9-12(11)8-13(10-19)15-4-2-3-5-16(15)17/h2-7,9,13,19H,8,10H2,1H3. The van der Waals surface area contributed by atoms with Crippen LogP contribution in [0.25, 0.3) is 0 Å². The third-order valence-corrected chi connectivity index (χ3v) is 4.07. The number of aliphatic hydroxyl groups is 1. The van der Waals surface area contributed by atoms with E-state index in [2.05, 4.69) is 15.9 Å². The molecule has 0 spiro atoms. The SMILES string of the molecule is Cc1ccc(F)cc1CC(CO)c1ccccc1Br. The molecular formula is C16H16BrFO. The molecule has 2 rings (SSSR count). The molecule has 1 atom stereocenters. The molecule has 1 unspecified atom stereocenters. The molecule has 19 heavy (non-hydrogen) atoms. The van der Waals surface area contributed by atoms with Gasteiger partial charge in [-0.3, -0.25) is 0 Å². The van der Waals surface area contributed by atoms with E-state index in [0.29, 0.717) is 6.42 Å². The minimum atomic E-state index is -0.232. The number of aliphatic hydroxyl groups excluding tert-OH is 1. The van der Waals surface area contributed by atoms with Gasteiger partial charge in [-0.15, -0.1) is 0 Å². The summed E-state index contributed by atoms with van der Waals surface area (Å²) in [7, 11) is 0. The van der Waals surface area contributed by atoms with Crippen LogP contribution >= 0.6 is 15.9 Å². The van der Waals surface area contributed by atoms with Crippen molar-refractivity contribution in [2.45, 2.75) is 19.3 Å². The molecule has 0 amide bonds. The Hall–Kier alpha value is -1.19. The van der Waals surface area contributed by atoms with Crippen molar-refractivity contribution in [3.05, 3.63) is 69.4 Å². The van der Waals surface area contributed by atoms with Crippen LogP contribution in [0, 0.1) is 12.7 Å². The largest absolute Gasteiger partial charge is 0.396 e. The van der Waals surface area contributed by atoms with Crippen LogP contribution in [-0.4, -0.2) is 11.7 Å². The summed E-state index contributed by atoms with van der Waals surface area (Å²) in [5, 5.41) is 9.61. The molecule has 0 aliphatic rings. The average molecular weight is 323 g/mol. The maximum atomic E-state index is 13.3. The van der Waals surface area contributed by atoms with Crippen molar-refractivity contribution in [1.29, 1.82) is 0 Å². The Morgan fingerprint density at radius 3 is 2.63 bits per heavy atom. The molecule has 0 saturated heterocycles. The molecule has 2 aromatic rings. The maximum absolute atomic E-state index is 13.3. The summed E-state index contributed by atoms with van der Waals surface area (Å²) in [6, 6.07) is 12.6. The van der Waals surface area contributed by atoms with E-state index in [-0.39, 0.29) is 18.3 Å². The Labute approximate surface area is 121 Å². The van der Waals surface area contributed by atoms with Gasteiger partial charge in [-0.05, 0) is 48.2 Å². The topological polar surface area (TPSA) is 20.2 Å². The minimum Gasteiger partial charge on any atom is -0.396 e. The van der Waals surface area contributed by atoms with Crippen LogP contribution in [-0.2, 0) is 6.42 Å². The van der Waals surface area contributed by atoms with Gasteiger partial charge in [0.25, 0.3) is 0 Å². The van der Waals surface area contributed by atoms with Gasteiger partial charge in [0, 0.05) is 10.4 Å². The Morgan fingerprint density at radius 1 is 1.21 bits per heavy atom. The maximum Gasteiger partial charge on any atom is 0.123 e. The fourth-order valence-electron chi connectivity index (χ4n) is 2.20. The van der Waals surface area contributed by atoms with Gasteiger partial charge in [0.15, 0.2) is 0 Å². The second-order valence-electron chi connectivity index (χ2n) is 4.68. The number of aryl methyl sites for hydroxylation is 1. The van der Waals surface area contributed by atoms with Crippen molar-refractivity contribution in [2.75, 3.05) is 6.61 Å². The highest BCUT2D eigenvalue weighted by atomic mass is 79.9. The van der Waals surface area contributed by atoms with Crippen LogP contribution in [0.4, 0.5) is 4.39 Å². The second-order valence-corrected chi connectivity index (χ2v) is 5.53. The molecule has 0 fully saturated rings. The van der Waals surface area contributed by atoms with Crippen molar-refractivity contribution in [2.24, 2.45) is 0 Å². The van der Waals surface area contributed by atoms with Crippen molar-refractivity contribution in [3.8, 4) is 0 Å². The van der Waals surface area contributed by atoms with Crippen LogP contribution in [0.15, 0.2) is 46.9 Å². The highest BCUT2D eigenvalue weighted by Gasteiger charge is 2.15. The predicted octanol–water partition coefficient (Wildman–Crippen LogP) is 4.22. The lowest BCUT2D eigenvalue weighted by atomic mass is 9.91. The highest BCUT2D eigenvalue weighted by molar-refractivity contribution is 9.10. The van der Waals surface area contributed by atoms with Crippen LogP contribution in [0.1, 0.15) is 22.6 Å². The fourth-order valence-corrected chi connectivity index (χ4v) is 2.81. The number of hydrogen-bond acceptors (Lipinski definition) is 1. The van der Waals surface area contributed by atoms with E-state index < -0.39 is 0 Å². The van der Waals surface area contributed by atoms with Gasteiger partial charge >= 0.3 is 0 Å². The van der Waals surface area contributed by atoms with Crippen LogP contribution < -0.4 is 0 Å². The van der Waals surface area contributed by atoms with E-state index >= 15 is 0 Å². The van der Waals surface area contributed by atoms with Gasteiger partial charge in [0.05, 0.1) is 6.61 Å². The van der Waals surface area contributed by atoms with E-state index in [0.717, 1.165) is 21.2 Å². The van der Waals surface area contributed by atoms with Gasteiger partial charge in [-0.2, -0.15) is 0 Å². The molecule has 2 aromatic carbocycles. The molecular weight excluding hydrogens is 307 g/mol. The summed E-state index contributed by atoms with van der Waals surface area (Å²) < 4.78 is 14.3. The van der Waals surface area contributed by atoms with Gasteiger partial charge < -0.3 is 5.11 Å². The molecule has 3 heteroatoms. The molecule has 0 radical (unpaired) electrons. The van der Waals surface area contributed by atoms with Gasteiger partial charge in [-0.1, -0.05) is 40.2 Å². The fraction of sp³-hybridized carbons (Fsp3) is 0.250. The number of halogens is 2. The molecule has 1 nitrogen and oxygen atoms in total. The first-order chi connectivity index (χ1) is 9.11. The first-order valence-electron chi connectivity index (χ1n) is 6.22. The summed E-state index contributed by atoms with van der Waals surface area (Å²) >= 11 is 3.50. The van der Waals surface area contributed by atoms with E-state index in [1.807, 2.05) is 31.2 Å². The van der Waals surface area contributed by atoms with Crippen LogP contribution in [0.3, 0.4) is 0 Å². The van der Waals surface area contributed by atoms with Gasteiger partial charge in [-0.25, -0.2) is 4.39 Å². The van der Waals surface area contributed by atoms with Gasteiger partial charge in [0.2, 0.25) is 0 Å². The zero-order valence-electron chi connectivity index (χ0n) is 10.7. The van der Waals surface area contributed by atoms with E-state index in [4.69, 9.17) is 0 Å². The minimum absolute atomic E-state index is 0.0314. The number of benzene rings is 2. The lowest BCUT2D eigenvalue weighted by Gasteiger charge is -2.17. The van der Waals surface area contributed by atoms with Crippen molar-refractivity contribution < 1.29 is 9.50 Å². The lowest BCUT2D eigenvalue weighted by Crippen LogP contribution is -2.09. The van der Waals surface area contributed by atoms with E-state index in [1.165, 1.54) is 6.07 Å². The quantitative estimate of drug-likeness (QED) is 0.893. The third kappa shape index (κ3) is 3.43. The summed E-state index contributed by atoms with van der Waals surface area (Å²) in [6.07, 6.45) is 0.628. The zero-order chi connectivity index (χ0) is 13.8. The molecule has 1 N–H and O–H groups in total. The van der Waals surface area contributed by atoms with Crippen LogP contribution in [0.5, 0.6) is 0 Å². The lowest BCUT2D eigenvalue weighted by molar-refractivity contribution is 0.264. The Kier molecular flexibility index (Phi) is 4.72. The first kappa shape index (κ1) is 14.2. The average Bonchev–Trinajstić information content (AvgIpc) is 2.41. The summed E-state index contributed by atoms with van der Waals surface area (Å²) in [4.78, 5) is 0. The summed E-state index contributed by atoms with van der Waals surface area (Å²) in [5.41, 5.74) is 3.04. The number of hydrogen-bond donors (Lipinski definition) is 1. The zero-order valence-corrected chi connectivity index (χ0v) is 12.3. The summed E-state index contributed by atoms with van der Waals surface area (Å²) in [6.45, 7) is 2.00. The number of rotatable bonds is 4. The van der Waals surface area contributed by atoms with Gasteiger partial charge in [0.1, 0.15) is 5.82 Å². The molecule has 0 aliphatic heterocycles. The van der Waals surface area contributed by atoms with E-state index in [1.54, 1.807) is 12.1 Å². The third-order valence-electron chi connectivity index (χ3n) is 3.34. The Balaban J connectivity index is 2.29. The van der Waals surface area contributed by atoms with Crippen molar-refractivity contribution in [3.63, 3.8) is 0 Å².